The number of aromatic hydroxyl groups is 2. The van der Waals surface area contributed by atoms with Crippen molar-refractivity contribution in [3.8, 4) is 28.4 Å². The quantitative estimate of drug-likeness (QED) is 0.429. The second-order valence-corrected chi connectivity index (χ2v) is 5.36. The van der Waals surface area contributed by atoms with Crippen LogP contribution in [0.3, 0.4) is 0 Å². The van der Waals surface area contributed by atoms with Crippen LogP contribution in [0.15, 0.2) is 60.7 Å². The van der Waals surface area contributed by atoms with Crippen molar-refractivity contribution in [2.45, 2.75) is 0 Å². The third-order valence-corrected chi connectivity index (χ3v) is 3.70. The SMILES string of the molecule is COc1cc(N)c(Nc2ccc(O)cc2)cc1-c1ccc(O)cc1. The number of nitrogens with one attached hydrogen (secondary N) is 1. The monoisotopic (exact) mass is 322 g/mol. The van der Waals surface area contributed by atoms with Crippen molar-refractivity contribution in [2.24, 2.45) is 0 Å². The predicted octanol–water partition coefficient (Wildman–Crippen LogP) is 4.10. The summed E-state index contributed by atoms with van der Waals surface area (Å²) in [5.41, 5.74) is 9.95. The summed E-state index contributed by atoms with van der Waals surface area (Å²) in [6.07, 6.45) is 0. The number of methoxy groups -OCH3 is 1. The maximum atomic E-state index is 9.46. The molecule has 0 aliphatic carbocycles. The van der Waals surface area contributed by atoms with E-state index < -0.39 is 0 Å². The Morgan fingerprint density at radius 2 is 1.46 bits per heavy atom. The first kappa shape index (κ1) is 15.6. The van der Waals surface area contributed by atoms with E-state index in [1.165, 1.54) is 0 Å². The van der Waals surface area contributed by atoms with Crippen molar-refractivity contribution in [1.29, 1.82) is 0 Å². The zero-order valence-electron chi connectivity index (χ0n) is 13.2. The van der Waals surface area contributed by atoms with Gasteiger partial charge in [0.15, 0.2) is 0 Å². The van der Waals surface area contributed by atoms with Crippen LogP contribution in [0.25, 0.3) is 11.1 Å². The highest BCUT2D eigenvalue weighted by Crippen LogP contribution is 2.38. The number of phenols is 2. The third-order valence-electron chi connectivity index (χ3n) is 3.70. The minimum absolute atomic E-state index is 0.202. The molecule has 0 heterocycles. The molecule has 3 rings (SSSR count). The molecule has 0 atom stereocenters. The number of hydrogen-bond donors (Lipinski definition) is 4. The van der Waals surface area contributed by atoms with Crippen molar-refractivity contribution < 1.29 is 14.9 Å². The topological polar surface area (TPSA) is 87.7 Å². The summed E-state index contributed by atoms with van der Waals surface area (Å²) in [7, 11) is 1.59. The summed E-state index contributed by atoms with van der Waals surface area (Å²) in [5.74, 6) is 1.05. The Kier molecular flexibility index (Phi) is 4.16. The smallest absolute Gasteiger partial charge is 0.128 e. The second-order valence-electron chi connectivity index (χ2n) is 5.36. The summed E-state index contributed by atoms with van der Waals surface area (Å²) < 4.78 is 5.43. The first-order valence-corrected chi connectivity index (χ1v) is 7.40. The zero-order valence-corrected chi connectivity index (χ0v) is 13.2. The van der Waals surface area contributed by atoms with Crippen LogP contribution in [0.1, 0.15) is 0 Å². The second kappa shape index (κ2) is 6.42. The number of rotatable bonds is 4. The van der Waals surface area contributed by atoms with Gasteiger partial charge in [-0.3, -0.25) is 0 Å². The normalized spacial score (nSPS) is 10.4. The minimum atomic E-state index is 0.202. The first-order valence-electron chi connectivity index (χ1n) is 7.40. The van der Waals surface area contributed by atoms with Gasteiger partial charge >= 0.3 is 0 Å². The van der Waals surface area contributed by atoms with Crippen LogP contribution < -0.4 is 15.8 Å². The van der Waals surface area contributed by atoms with Gasteiger partial charge in [-0.1, -0.05) is 12.1 Å². The zero-order chi connectivity index (χ0) is 17.1. The van der Waals surface area contributed by atoms with Crippen LogP contribution >= 0.6 is 0 Å². The van der Waals surface area contributed by atoms with E-state index in [-0.39, 0.29) is 11.5 Å². The van der Waals surface area contributed by atoms with Crippen molar-refractivity contribution in [3.05, 3.63) is 60.7 Å². The molecule has 0 spiro atoms. The predicted molar refractivity (Wildman–Crippen MR) is 95.9 cm³/mol. The van der Waals surface area contributed by atoms with Gasteiger partial charge in [0.1, 0.15) is 17.2 Å². The molecule has 122 valence electrons. The van der Waals surface area contributed by atoms with Gasteiger partial charge in [-0.2, -0.15) is 0 Å². The van der Waals surface area contributed by atoms with E-state index in [1.807, 2.05) is 18.2 Å². The van der Waals surface area contributed by atoms with Crippen LogP contribution in [0, 0.1) is 0 Å². The lowest BCUT2D eigenvalue weighted by Gasteiger charge is -2.15. The maximum absolute atomic E-state index is 9.46. The molecule has 0 saturated carbocycles. The van der Waals surface area contributed by atoms with Crippen LogP contribution in [0.2, 0.25) is 0 Å². The molecule has 5 nitrogen and oxygen atoms in total. The highest BCUT2D eigenvalue weighted by atomic mass is 16.5. The Balaban J connectivity index is 2.02. The highest BCUT2D eigenvalue weighted by Gasteiger charge is 2.11. The molecule has 0 aromatic heterocycles. The van der Waals surface area contributed by atoms with Gasteiger partial charge in [0.2, 0.25) is 0 Å². The molecule has 3 aromatic carbocycles. The molecule has 0 aliphatic rings. The fraction of sp³-hybridized carbons (Fsp3) is 0.0526. The molecule has 0 aliphatic heterocycles. The van der Waals surface area contributed by atoms with Gasteiger partial charge in [0, 0.05) is 17.3 Å². The largest absolute Gasteiger partial charge is 0.508 e. The standard InChI is InChI=1S/C19H18N2O3/c1-24-19-11-17(20)18(21-13-4-8-15(23)9-5-13)10-16(19)12-2-6-14(22)7-3-12/h2-11,21-23H,20H2,1H3. The molecule has 0 bridgehead atoms. The Morgan fingerprint density at radius 3 is 2.04 bits per heavy atom. The molecule has 0 fully saturated rings. The van der Waals surface area contributed by atoms with Crippen molar-refractivity contribution in [3.63, 3.8) is 0 Å². The lowest BCUT2D eigenvalue weighted by atomic mass is 10.0. The van der Waals surface area contributed by atoms with E-state index >= 15 is 0 Å². The van der Waals surface area contributed by atoms with Crippen molar-refractivity contribution >= 4 is 17.1 Å². The fourth-order valence-electron chi connectivity index (χ4n) is 2.44. The molecule has 24 heavy (non-hydrogen) atoms. The van der Waals surface area contributed by atoms with Gasteiger partial charge in [-0.15, -0.1) is 0 Å². The maximum Gasteiger partial charge on any atom is 0.128 e. The molecule has 0 saturated heterocycles. The number of phenolic OH excluding ortho intramolecular Hbond substituents is 2. The first-order chi connectivity index (χ1) is 11.6. The van der Waals surface area contributed by atoms with Crippen LogP contribution in [0.4, 0.5) is 17.1 Å². The lowest BCUT2D eigenvalue weighted by Crippen LogP contribution is -1.99. The summed E-state index contributed by atoms with van der Waals surface area (Å²) in [5, 5.41) is 22.1. The summed E-state index contributed by atoms with van der Waals surface area (Å²) in [6.45, 7) is 0. The molecule has 0 unspecified atom stereocenters. The van der Waals surface area contributed by atoms with Gasteiger partial charge in [0.25, 0.3) is 0 Å². The number of benzene rings is 3. The van der Waals surface area contributed by atoms with E-state index in [1.54, 1.807) is 49.6 Å². The fourth-order valence-corrected chi connectivity index (χ4v) is 2.44. The highest BCUT2D eigenvalue weighted by molar-refractivity contribution is 5.83. The van der Waals surface area contributed by atoms with E-state index in [9.17, 15) is 10.2 Å². The van der Waals surface area contributed by atoms with E-state index in [0.29, 0.717) is 11.4 Å². The molecule has 5 N–H and O–H groups in total. The van der Waals surface area contributed by atoms with Gasteiger partial charge in [-0.05, 0) is 48.0 Å². The summed E-state index contributed by atoms with van der Waals surface area (Å²) in [6, 6.07) is 17.3. The van der Waals surface area contributed by atoms with Gasteiger partial charge < -0.3 is 26.0 Å². The Bertz CT molecular complexity index is 844. The lowest BCUT2D eigenvalue weighted by molar-refractivity contribution is 0.416. The van der Waals surface area contributed by atoms with Gasteiger partial charge in [-0.25, -0.2) is 0 Å². The minimum Gasteiger partial charge on any atom is -0.508 e. The van der Waals surface area contributed by atoms with Crippen LogP contribution in [-0.2, 0) is 0 Å². The van der Waals surface area contributed by atoms with Crippen LogP contribution in [-0.4, -0.2) is 17.3 Å². The van der Waals surface area contributed by atoms with E-state index in [2.05, 4.69) is 5.32 Å². The Morgan fingerprint density at radius 1 is 0.875 bits per heavy atom. The van der Waals surface area contributed by atoms with Crippen molar-refractivity contribution in [2.75, 3.05) is 18.2 Å². The number of nitrogen functional groups attached to an aromatic ring is 1. The summed E-state index contributed by atoms with van der Waals surface area (Å²) in [4.78, 5) is 0. The third kappa shape index (κ3) is 3.20. The molecular weight excluding hydrogens is 304 g/mol. The number of anilines is 3. The Hall–Kier alpha value is -3.34. The molecular formula is C19H18N2O3. The van der Waals surface area contributed by atoms with E-state index in [0.717, 1.165) is 22.5 Å². The number of hydrogen-bond acceptors (Lipinski definition) is 5. The molecule has 0 amide bonds. The van der Waals surface area contributed by atoms with Crippen molar-refractivity contribution in [1.82, 2.24) is 0 Å². The number of ether oxygens (including phenoxy) is 1. The molecule has 0 radical (unpaired) electrons. The number of nitrogens with two attached hydrogens (primary N) is 1. The van der Waals surface area contributed by atoms with E-state index in [4.69, 9.17) is 10.5 Å². The average molecular weight is 322 g/mol. The van der Waals surface area contributed by atoms with Gasteiger partial charge in [0.05, 0.1) is 18.5 Å². The van der Waals surface area contributed by atoms with Crippen LogP contribution in [0.5, 0.6) is 17.2 Å². The average Bonchev–Trinajstić information content (AvgIpc) is 2.59. The molecule has 3 aromatic rings. The summed E-state index contributed by atoms with van der Waals surface area (Å²) >= 11 is 0. The Labute approximate surface area is 140 Å². The molecule has 5 heteroatoms.